The summed E-state index contributed by atoms with van der Waals surface area (Å²) in [5, 5.41) is 3.16. The minimum Gasteiger partial charge on any atom is -0.397 e. The van der Waals surface area contributed by atoms with Gasteiger partial charge in [0, 0.05) is 11.0 Å². The number of hydrogen-bond acceptors (Lipinski definition) is 4. The molecule has 2 aromatic rings. The van der Waals surface area contributed by atoms with Gasteiger partial charge >= 0.3 is 0 Å². The van der Waals surface area contributed by atoms with E-state index in [4.69, 9.17) is 5.73 Å². The van der Waals surface area contributed by atoms with Gasteiger partial charge in [0.2, 0.25) is 10.0 Å². The number of benzene rings is 2. The molecule has 21 heavy (non-hydrogen) atoms. The molecule has 0 unspecified atom stereocenters. The van der Waals surface area contributed by atoms with Gasteiger partial charge in [0.25, 0.3) is 0 Å². The third-order valence-corrected chi connectivity index (χ3v) is 5.22. The minimum absolute atomic E-state index is 0.175. The Kier molecular flexibility index (Phi) is 4.87. The normalized spacial score (nSPS) is 11.3. The zero-order chi connectivity index (χ0) is 15.5. The number of nitrogens with two attached hydrogens (primary N) is 1. The second-order valence-electron chi connectivity index (χ2n) is 4.40. The molecule has 0 heterocycles. The highest BCUT2D eigenvalue weighted by atomic mass is 79.9. The summed E-state index contributed by atoms with van der Waals surface area (Å²) in [5.41, 5.74) is 8.02. The van der Waals surface area contributed by atoms with E-state index in [0.717, 1.165) is 10.0 Å². The van der Waals surface area contributed by atoms with Crippen LogP contribution in [-0.4, -0.2) is 15.5 Å². The predicted molar refractivity (Wildman–Crippen MR) is 88.6 cm³/mol. The first-order chi connectivity index (χ1) is 9.94. The molecule has 112 valence electrons. The first-order valence-electron chi connectivity index (χ1n) is 6.24. The highest BCUT2D eigenvalue weighted by Gasteiger charge is 2.13. The molecule has 0 saturated heterocycles. The monoisotopic (exact) mass is 369 g/mol. The van der Waals surface area contributed by atoms with Gasteiger partial charge < -0.3 is 11.1 Å². The maximum absolute atomic E-state index is 11.8. The van der Waals surface area contributed by atoms with Gasteiger partial charge in [-0.05, 0) is 36.9 Å². The van der Waals surface area contributed by atoms with Crippen LogP contribution in [0.3, 0.4) is 0 Å². The summed E-state index contributed by atoms with van der Waals surface area (Å²) in [4.78, 5) is 0.175. The highest BCUT2D eigenvalue weighted by molar-refractivity contribution is 9.10. The number of hydrogen-bond donors (Lipinski definition) is 3. The molecule has 0 aliphatic rings. The second kappa shape index (κ2) is 6.46. The van der Waals surface area contributed by atoms with Gasteiger partial charge in [-0.1, -0.05) is 34.1 Å². The van der Waals surface area contributed by atoms with Crippen LogP contribution in [0.4, 0.5) is 11.4 Å². The van der Waals surface area contributed by atoms with Crippen molar-refractivity contribution in [2.45, 2.75) is 11.4 Å². The molecule has 2 rings (SSSR count). The summed E-state index contributed by atoms with van der Waals surface area (Å²) >= 11 is 3.47. The van der Waals surface area contributed by atoms with Crippen LogP contribution in [0.5, 0.6) is 0 Å². The van der Waals surface area contributed by atoms with Crippen molar-refractivity contribution < 1.29 is 8.42 Å². The lowest BCUT2D eigenvalue weighted by Gasteiger charge is -2.12. The molecule has 2 aromatic carbocycles. The Morgan fingerprint density at radius 3 is 2.57 bits per heavy atom. The first kappa shape index (κ1) is 15.8. The van der Waals surface area contributed by atoms with E-state index in [2.05, 4.69) is 26.0 Å². The number of rotatable bonds is 5. The van der Waals surface area contributed by atoms with E-state index in [-0.39, 0.29) is 4.90 Å². The Bertz CT molecular complexity index is 748. The van der Waals surface area contributed by atoms with Crippen LogP contribution >= 0.6 is 15.9 Å². The standard InChI is InChI=1S/C14H16BrN3O2S/c1-17-21(19,20)11-6-7-13(16)14(8-11)18-9-10-4-2-3-5-12(10)15/h2-8,17-18H,9,16H2,1H3. The van der Waals surface area contributed by atoms with Crippen LogP contribution in [0.25, 0.3) is 0 Å². The highest BCUT2D eigenvalue weighted by Crippen LogP contribution is 2.24. The Morgan fingerprint density at radius 2 is 1.90 bits per heavy atom. The van der Waals surface area contributed by atoms with Crippen molar-refractivity contribution in [1.82, 2.24) is 4.72 Å². The first-order valence-corrected chi connectivity index (χ1v) is 8.52. The maximum Gasteiger partial charge on any atom is 0.240 e. The molecule has 0 aromatic heterocycles. The Hall–Kier alpha value is -1.57. The average molecular weight is 370 g/mol. The van der Waals surface area contributed by atoms with E-state index in [1.807, 2.05) is 24.3 Å². The summed E-state index contributed by atoms with van der Waals surface area (Å²) < 4.78 is 26.9. The van der Waals surface area contributed by atoms with Crippen molar-refractivity contribution in [3.05, 3.63) is 52.5 Å². The van der Waals surface area contributed by atoms with Gasteiger partial charge in [-0.15, -0.1) is 0 Å². The van der Waals surface area contributed by atoms with Crippen LogP contribution < -0.4 is 15.8 Å². The molecule has 7 heteroatoms. The topological polar surface area (TPSA) is 84.2 Å². The second-order valence-corrected chi connectivity index (χ2v) is 7.14. The number of sulfonamides is 1. The third-order valence-electron chi connectivity index (χ3n) is 3.03. The van der Waals surface area contributed by atoms with Gasteiger partial charge in [0.1, 0.15) is 0 Å². The molecule has 0 radical (unpaired) electrons. The molecule has 0 aliphatic carbocycles. The van der Waals surface area contributed by atoms with E-state index in [9.17, 15) is 8.42 Å². The molecule has 0 fully saturated rings. The summed E-state index contributed by atoms with van der Waals surface area (Å²) in [5.74, 6) is 0. The molecule has 5 nitrogen and oxygen atoms in total. The predicted octanol–water partition coefficient (Wildman–Crippen LogP) is 2.55. The van der Waals surface area contributed by atoms with Crippen molar-refractivity contribution >= 4 is 37.3 Å². The fourth-order valence-electron chi connectivity index (χ4n) is 1.81. The fraction of sp³-hybridized carbons (Fsp3) is 0.143. The van der Waals surface area contributed by atoms with Gasteiger partial charge in [-0.25, -0.2) is 13.1 Å². The quantitative estimate of drug-likeness (QED) is 0.707. The van der Waals surface area contributed by atoms with Crippen molar-refractivity contribution in [3.8, 4) is 0 Å². The van der Waals surface area contributed by atoms with Crippen LogP contribution in [0.2, 0.25) is 0 Å². The lowest BCUT2D eigenvalue weighted by Crippen LogP contribution is -2.18. The lowest BCUT2D eigenvalue weighted by atomic mass is 10.2. The molecule has 4 N–H and O–H groups in total. The van der Waals surface area contributed by atoms with E-state index in [1.54, 1.807) is 6.07 Å². The summed E-state index contributed by atoms with van der Waals surface area (Å²) in [6, 6.07) is 12.4. The molecule has 0 saturated carbocycles. The zero-order valence-electron chi connectivity index (χ0n) is 11.4. The van der Waals surface area contributed by atoms with Crippen molar-refractivity contribution in [1.29, 1.82) is 0 Å². The van der Waals surface area contributed by atoms with Crippen LogP contribution in [0.15, 0.2) is 51.8 Å². The van der Waals surface area contributed by atoms with E-state index in [0.29, 0.717) is 17.9 Å². The smallest absolute Gasteiger partial charge is 0.240 e. The number of nitrogens with one attached hydrogen (secondary N) is 2. The molecule has 0 bridgehead atoms. The van der Waals surface area contributed by atoms with Crippen LogP contribution in [-0.2, 0) is 16.6 Å². The largest absolute Gasteiger partial charge is 0.397 e. The zero-order valence-corrected chi connectivity index (χ0v) is 13.8. The van der Waals surface area contributed by atoms with E-state index in [1.165, 1.54) is 19.2 Å². The van der Waals surface area contributed by atoms with Gasteiger partial charge in [-0.2, -0.15) is 0 Å². The average Bonchev–Trinajstić information content (AvgIpc) is 2.47. The van der Waals surface area contributed by atoms with Crippen molar-refractivity contribution in [3.63, 3.8) is 0 Å². The van der Waals surface area contributed by atoms with E-state index >= 15 is 0 Å². The molecule has 0 amide bonds. The van der Waals surface area contributed by atoms with Gasteiger partial charge in [0.15, 0.2) is 0 Å². The van der Waals surface area contributed by atoms with Crippen LogP contribution in [0.1, 0.15) is 5.56 Å². The summed E-state index contributed by atoms with van der Waals surface area (Å²) in [7, 11) is -2.11. The lowest BCUT2D eigenvalue weighted by molar-refractivity contribution is 0.588. The number of anilines is 2. The van der Waals surface area contributed by atoms with Gasteiger partial charge in [0.05, 0.1) is 16.3 Å². The van der Waals surface area contributed by atoms with E-state index < -0.39 is 10.0 Å². The molecule has 0 spiro atoms. The number of halogens is 1. The molecule has 0 atom stereocenters. The Morgan fingerprint density at radius 1 is 1.19 bits per heavy atom. The SMILES string of the molecule is CNS(=O)(=O)c1ccc(N)c(NCc2ccccc2Br)c1. The van der Waals surface area contributed by atoms with Crippen LogP contribution in [0, 0.1) is 0 Å². The van der Waals surface area contributed by atoms with Gasteiger partial charge in [-0.3, -0.25) is 0 Å². The summed E-state index contributed by atoms with van der Waals surface area (Å²) in [6.07, 6.45) is 0. The third kappa shape index (κ3) is 3.75. The Labute approximate surface area is 132 Å². The Balaban J connectivity index is 2.24. The van der Waals surface area contributed by atoms with Crippen molar-refractivity contribution in [2.24, 2.45) is 0 Å². The number of nitrogen functional groups attached to an aromatic ring is 1. The molecular weight excluding hydrogens is 354 g/mol. The fourth-order valence-corrected chi connectivity index (χ4v) is 2.99. The molecule has 0 aliphatic heterocycles. The minimum atomic E-state index is -3.48. The van der Waals surface area contributed by atoms with Crippen molar-refractivity contribution in [2.75, 3.05) is 18.1 Å². The maximum atomic E-state index is 11.8. The summed E-state index contributed by atoms with van der Waals surface area (Å²) in [6.45, 7) is 0.536. The molecular formula is C14H16BrN3O2S.